The standard InChI is InChI=1S/C19H32O4/c1-4-21-17(20)16(2)9-8-11-18(3)10-6-5-7-12-19(15-18)22-13-14-23-19/h9H,4-8,10-15H2,1-3H3/b16-9-. The van der Waals surface area contributed by atoms with Gasteiger partial charge in [0.1, 0.15) is 0 Å². The van der Waals surface area contributed by atoms with Crippen LogP contribution >= 0.6 is 0 Å². The van der Waals surface area contributed by atoms with Crippen LogP contribution in [0.3, 0.4) is 0 Å². The van der Waals surface area contributed by atoms with Crippen molar-refractivity contribution in [2.75, 3.05) is 19.8 Å². The average molecular weight is 324 g/mol. The number of carbonyl (C=O) groups is 1. The van der Waals surface area contributed by atoms with Crippen LogP contribution in [0.15, 0.2) is 11.6 Å². The molecule has 2 fully saturated rings. The number of esters is 1. The van der Waals surface area contributed by atoms with Crippen LogP contribution in [0.25, 0.3) is 0 Å². The summed E-state index contributed by atoms with van der Waals surface area (Å²) in [4.78, 5) is 11.7. The van der Waals surface area contributed by atoms with E-state index in [1.165, 1.54) is 25.7 Å². The van der Waals surface area contributed by atoms with Crippen LogP contribution in [0.4, 0.5) is 0 Å². The fourth-order valence-electron chi connectivity index (χ4n) is 3.87. The molecular weight excluding hydrogens is 292 g/mol. The lowest BCUT2D eigenvalue weighted by Gasteiger charge is -2.40. The molecule has 1 atom stereocenters. The number of rotatable bonds is 5. The van der Waals surface area contributed by atoms with E-state index >= 15 is 0 Å². The lowest BCUT2D eigenvalue weighted by Crippen LogP contribution is -2.38. The molecule has 1 spiro atoms. The summed E-state index contributed by atoms with van der Waals surface area (Å²) in [7, 11) is 0. The van der Waals surface area contributed by atoms with Crippen molar-refractivity contribution >= 4 is 5.97 Å². The highest BCUT2D eigenvalue weighted by molar-refractivity contribution is 5.87. The average Bonchev–Trinajstić information content (AvgIpc) is 2.94. The lowest BCUT2D eigenvalue weighted by molar-refractivity contribution is -0.189. The van der Waals surface area contributed by atoms with Crippen molar-refractivity contribution in [3.8, 4) is 0 Å². The van der Waals surface area contributed by atoms with Crippen molar-refractivity contribution in [3.05, 3.63) is 11.6 Å². The van der Waals surface area contributed by atoms with Crippen LogP contribution in [0.1, 0.15) is 72.1 Å². The SMILES string of the molecule is CCOC(=O)/C(C)=C\CCC1(C)CCCCCC2(C1)OCCO2. The summed E-state index contributed by atoms with van der Waals surface area (Å²) in [6, 6.07) is 0. The normalized spacial score (nSPS) is 28.4. The first-order valence-electron chi connectivity index (χ1n) is 9.10. The second-order valence-electron chi connectivity index (χ2n) is 7.30. The van der Waals surface area contributed by atoms with Crippen LogP contribution in [-0.4, -0.2) is 31.6 Å². The zero-order valence-corrected chi connectivity index (χ0v) is 15.0. The molecule has 0 aromatic heterocycles. The van der Waals surface area contributed by atoms with Crippen LogP contribution in [-0.2, 0) is 19.0 Å². The van der Waals surface area contributed by atoms with Gasteiger partial charge < -0.3 is 14.2 Å². The number of hydrogen-bond donors (Lipinski definition) is 0. The third-order valence-corrected chi connectivity index (χ3v) is 5.14. The van der Waals surface area contributed by atoms with Gasteiger partial charge in [0.05, 0.1) is 19.8 Å². The maximum atomic E-state index is 11.7. The highest BCUT2D eigenvalue weighted by Crippen LogP contribution is 2.45. The zero-order valence-electron chi connectivity index (χ0n) is 15.0. The molecule has 1 saturated heterocycles. The van der Waals surface area contributed by atoms with Crippen molar-refractivity contribution in [2.24, 2.45) is 5.41 Å². The van der Waals surface area contributed by atoms with Crippen molar-refractivity contribution in [1.82, 2.24) is 0 Å². The fraction of sp³-hybridized carbons (Fsp3) is 0.842. The van der Waals surface area contributed by atoms with Crippen molar-refractivity contribution < 1.29 is 19.0 Å². The monoisotopic (exact) mass is 324 g/mol. The number of allylic oxidation sites excluding steroid dienone is 1. The lowest BCUT2D eigenvalue weighted by atomic mass is 9.72. The largest absolute Gasteiger partial charge is 0.463 e. The minimum atomic E-state index is -0.352. The van der Waals surface area contributed by atoms with Gasteiger partial charge in [-0.2, -0.15) is 0 Å². The summed E-state index contributed by atoms with van der Waals surface area (Å²) < 4.78 is 17.0. The Morgan fingerprint density at radius 1 is 1.17 bits per heavy atom. The molecular formula is C19H32O4. The Morgan fingerprint density at radius 2 is 1.87 bits per heavy atom. The highest BCUT2D eigenvalue weighted by atomic mass is 16.7. The Balaban J connectivity index is 1.95. The summed E-state index contributed by atoms with van der Waals surface area (Å²) in [6.07, 6.45) is 10.9. The van der Waals surface area contributed by atoms with E-state index in [-0.39, 0.29) is 17.2 Å². The second-order valence-corrected chi connectivity index (χ2v) is 7.30. The van der Waals surface area contributed by atoms with Crippen molar-refractivity contribution in [1.29, 1.82) is 0 Å². The fourth-order valence-corrected chi connectivity index (χ4v) is 3.87. The second kappa shape index (κ2) is 8.29. The van der Waals surface area contributed by atoms with E-state index in [1.54, 1.807) is 0 Å². The van der Waals surface area contributed by atoms with Gasteiger partial charge in [-0.3, -0.25) is 0 Å². The van der Waals surface area contributed by atoms with Crippen molar-refractivity contribution in [2.45, 2.75) is 77.9 Å². The minimum Gasteiger partial charge on any atom is -0.463 e. The molecule has 0 radical (unpaired) electrons. The van der Waals surface area contributed by atoms with Gasteiger partial charge in [0.15, 0.2) is 5.79 Å². The van der Waals surface area contributed by atoms with E-state index in [4.69, 9.17) is 14.2 Å². The van der Waals surface area contributed by atoms with Crippen LogP contribution in [0, 0.1) is 5.41 Å². The molecule has 0 aromatic rings. The van der Waals surface area contributed by atoms with Gasteiger partial charge in [-0.1, -0.05) is 25.8 Å². The summed E-state index contributed by atoms with van der Waals surface area (Å²) in [5.74, 6) is -0.552. The molecule has 4 nitrogen and oxygen atoms in total. The molecule has 1 aliphatic heterocycles. The van der Waals surface area contributed by atoms with Gasteiger partial charge >= 0.3 is 5.97 Å². The third-order valence-electron chi connectivity index (χ3n) is 5.14. The van der Waals surface area contributed by atoms with Gasteiger partial charge in [-0.15, -0.1) is 0 Å². The molecule has 1 unspecified atom stereocenters. The Hall–Kier alpha value is -0.870. The molecule has 1 aliphatic carbocycles. The van der Waals surface area contributed by atoms with E-state index in [0.29, 0.717) is 12.2 Å². The van der Waals surface area contributed by atoms with Gasteiger partial charge in [0.25, 0.3) is 0 Å². The van der Waals surface area contributed by atoms with Gasteiger partial charge in [0.2, 0.25) is 0 Å². The Morgan fingerprint density at radius 3 is 2.57 bits per heavy atom. The predicted molar refractivity (Wildman–Crippen MR) is 90.1 cm³/mol. The van der Waals surface area contributed by atoms with Gasteiger partial charge in [0, 0.05) is 18.4 Å². The summed E-state index contributed by atoms with van der Waals surface area (Å²) in [6.45, 7) is 7.89. The number of ether oxygens (including phenoxy) is 3. The third kappa shape index (κ3) is 5.32. The maximum absolute atomic E-state index is 11.7. The molecule has 132 valence electrons. The summed E-state index contributed by atoms with van der Waals surface area (Å²) in [5.41, 5.74) is 0.917. The first-order chi connectivity index (χ1) is 11.0. The molecule has 0 bridgehead atoms. The van der Waals surface area contributed by atoms with E-state index in [2.05, 4.69) is 6.92 Å². The number of hydrogen-bond acceptors (Lipinski definition) is 4. The Bertz CT molecular complexity index is 423. The molecule has 1 saturated carbocycles. The van der Waals surface area contributed by atoms with Gasteiger partial charge in [-0.25, -0.2) is 4.79 Å². The molecule has 0 N–H and O–H groups in total. The minimum absolute atomic E-state index is 0.200. The Labute approximate surface area is 140 Å². The van der Waals surface area contributed by atoms with Crippen LogP contribution < -0.4 is 0 Å². The van der Waals surface area contributed by atoms with E-state index < -0.39 is 0 Å². The topological polar surface area (TPSA) is 44.8 Å². The molecule has 1 heterocycles. The quantitative estimate of drug-likeness (QED) is 0.556. The summed E-state index contributed by atoms with van der Waals surface area (Å²) >= 11 is 0. The smallest absolute Gasteiger partial charge is 0.333 e. The molecule has 0 aromatic carbocycles. The summed E-state index contributed by atoms with van der Waals surface area (Å²) in [5, 5.41) is 0. The Kier molecular flexibility index (Phi) is 6.66. The molecule has 2 rings (SSSR count). The van der Waals surface area contributed by atoms with E-state index in [9.17, 15) is 4.79 Å². The van der Waals surface area contributed by atoms with E-state index in [0.717, 1.165) is 38.9 Å². The molecule has 23 heavy (non-hydrogen) atoms. The molecule has 2 aliphatic rings. The van der Waals surface area contributed by atoms with E-state index in [1.807, 2.05) is 19.9 Å². The highest BCUT2D eigenvalue weighted by Gasteiger charge is 2.43. The molecule has 4 heteroatoms. The van der Waals surface area contributed by atoms with Gasteiger partial charge in [-0.05, 0) is 44.9 Å². The zero-order chi connectivity index (χ0) is 16.8. The number of carbonyl (C=O) groups excluding carboxylic acids is 1. The van der Waals surface area contributed by atoms with Crippen LogP contribution in [0.5, 0.6) is 0 Å². The first kappa shape index (κ1) is 18.5. The first-order valence-corrected chi connectivity index (χ1v) is 9.10. The maximum Gasteiger partial charge on any atom is 0.333 e. The van der Waals surface area contributed by atoms with Crippen LogP contribution in [0.2, 0.25) is 0 Å². The van der Waals surface area contributed by atoms with Crippen molar-refractivity contribution in [3.63, 3.8) is 0 Å². The predicted octanol–water partition coefficient (Wildman–Crippen LogP) is 4.38. The molecule has 0 amide bonds.